The third-order valence-electron chi connectivity index (χ3n) is 3.24. The van der Waals surface area contributed by atoms with E-state index in [9.17, 15) is 0 Å². The number of anilines is 1. The van der Waals surface area contributed by atoms with Crippen molar-refractivity contribution in [2.75, 3.05) is 5.73 Å². The molecular weight excluding hydrogens is 270 g/mol. The van der Waals surface area contributed by atoms with Gasteiger partial charge in [-0.1, -0.05) is 41.4 Å². The highest BCUT2D eigenvalue weighted by atomic mass is 35.5. The van der Waals surface area contributed by atoms with Crippen LogP contribution in [0.2, 0.25) is 5.02 Å². The summed E-state index contributed by atoms with van der Waals surface area (Å²) in [7, 11) is 0. The second-order valence-corrected chi connectivity index (χ2v) is 5.13. The van der Waals surface area contributed by atoms with Crippen molar-refractivity contribution in [1.82, 2.24) is 9.78 Å². The first-order chi connectivity index (χ1) is 9.65. The smallest absolute Gasteiger partial charge is 0.135 e. The van der Waals surface area contributed by atoms with Gasteiger partial charge in [0.2, 0.25) is 0 Å². The predicted molar refractivity (Wildman–Crippen MR) is 83.2 cm³/mol. The minimum atomic E-state index is 0.621. The molecule has 0 spiro atoms. The van der Waals surface area contributed by atoms with Gasteiger partial charge in [-0.25, -0.2) is 4.68 Å². The third kappa shape index (κ3) is 2.28. The maximum absolute atomic E-state index is 6.21. The number of benzene rings is 2. The van der Waals surface area contributed by atoms with Crippen LogP contribution in [-0.2, 0) is 0 Å². The van der Waals surface area contributed by atoms with Gasteiger partial charge >= 0.3 is 0 Å². The molecule has 0 atom stereocenters. The van der Waals surface area contributed by atoms with E-state index >= 15 is 0 Å². The molecule has 2 N–H and O–H groups in total. The monoisotopic (exact) mass is 283 g/mol. The van der Waals surface area contributed by atoms with Gasteiger partial charge in [0, 0.05) is 10.6 Å². The van der Waals surface area contributed by atoms with Crippen LogP contribution in [0.1, 0.15) is 5.56 Å². The normalized spacial score (nSPS) is 10.7. The van der Waals surface area contributed by atoms with Gasteiger partial charge in [0.1, 0.15) is 5.82 Å². The van der Waals surface area contributed by atoms with Crippen molar-refractivity contribution < 1.29 is 0 Å². The molecule has 0 aliphatic heterocycles. The Balaban J connectivity index is 2.04. The number of aromatic nitrogens is 2. The molecule has 100 valence electrons. The molecule has 3 nitrogen and oxygen atoms in total. The lowest BCUT2D eigenvalue weighted by Crippen LogP contribution is -2.01. The van der Waals surface area contributed by atoms with E-state index in [0.717, 1.165) is 16.8 Å². The molecule has 0 bridgehead atoms. The van der Waals surface area contributed by atoms with E-state index in [0.29, 0.717) is 10.8 Å². The fraction of sp³-hybridized carbons (Fsp3) is 0.0625. The highest BCUT2D eigenvalue weighted by Crippen LogP contribution is 2.28. The highest BCUT2D eigenvalue weighted by Gasteiger charge is 2.10. The second-order valence-electron chi connectivity index (χ2n) is 4.70. The van der Waals surface area contributed by atoms with Crippen molar-refractivity contribution >= 4 is 17.4 Å². The third-order valence-corrected chi connectivity index (χ3v) is 3.49. The highest BCUT2D eigenvalue weighted by molar-refractivity contribution is 6.30. The molecule has 2 aromatic carbocycles. The molecule has 0 amide bonds. The van der Waals surface area contributed by atoms with Crippen LogP contribution in [0.5, 0.6) is 0 Å². The topological polar surface area (TPSA) is 43.8 Å². The van der Waals surface area contributed by atoms with Crippen molar-refractivity contribution in [3.05, 3.63) is 65.3 Å². The van der Waals surface area contributed by atoms with Gasteiger partial charge in [-0.05, 0) is 36.8 Å². The summed E-state index contributed by atoms with van der Waals surface area (Å²) in [5.41, 5.74) is 10.3. The van der Waals surface area contributed by atoms with Crippen LogP contribution in [0.3, 0.4) is 0 Å². The summed E-state index contributed by atoms with van der Waals surface area (Å²) in [6, 6.07) is 15.7. The quantitative estimate of drug-likeness (QED) is 0.770. The van der Waals surface area contributed by atoms with Gasteiger partial charge in [-0.2, -0.15) is 5.10 Å². The average Bonchev–Trinajstić information content (AvgIpc) is 2.83. The SMILES string of the molecule is Cc1ccc(-c2cnn(-c3ccc(Cl)cc3)c2N)cc1. The Morgan fingerprint density at radius 1 is 1.00 bits per heavy atom. The van der Waals surface area contributed by atoms with Gasteiger partial charge in [-0.15, -0.1) is 0 Å². The van der Waals surface area contributed by atoms with E-state index in [1.165, 1.54) is 5.56 Å². The fourth-order valence-electron chi connectivity index (χ4n) is 2.10. The number of hydrogen-bond donors (Lipinski definition) is 1. The van der Waals surface area contributed by atoms with Crippen LogP contribution in [-0.4, -0.2) is 9.78 Å². The molecule has 20 heavy (non-hydrogen) atoms. The molecule has 0 aliphatic rings. The van der Waals surface area contributed by atoms with Gasteiger partial charge in [0.15, 0.2) is 0 Å². The first-order valence-electron chi connectivity index (χ1n) is 6.31. The molecule has 1 heterocycles. The van der Waals surface area contributed by atoms with Crippen LogP contribution >= 0.6 is 11.6 Å². The van der Waals surface area contributed by atoms with Crippen molar-refractivity contribution in [2.24, 2.45) is 0 Å². The van der Waals surface area contributed by atoms with Crippen molar-refractivity contribution in [1.29, 1.82) is 0 Å². The Labute approximate surface area is 122 Å². The zero-order chi connectivity index (χ0) is 14.1. The van der Waals surface area contributed by atoms with Gasteiger partial charge in [0.05, 0.1) is 11.9 Å². The molecule has 3 rings (SSSR count). The Bertz CT molecular complexity index is 664. The van der Waals surface area contributed by atoms with Gasteiger partial charge in [0.25, 0.3) is 0 Å². The van der Waals surface area contributed by atoms with E-state index in [-0.39, 0.29) is 0 Å². The Hall–Kier alpha value is -2.26. The molecule has 0 unspecified atom stereocenters. The molecule has 4 heteroatoms. The molecule has 3 aromatic rings. The number of nitrogen functional groups attached to an aromatic ring is 1. The number of rotatable bonds is 2. The van der Waals surface area contributed by atoms with Crippen LogP contribution in [0.25, 0.3) is 16.8 Å². The summed E-state index contributed by atoms with van der Waals surface area (Å²) in [5, 5.41) is 5.06. The summed E-state index contributed by atoms with van der Waals surface area (Å²) >= 11 is 5.89. The number of nitrogens with two attached hydrogens (primary N) is 1. The predicted octanol–water partition coefficient (Wildman–Crippen LogP) is 4.08. The van der Waals surface area contributed by atoms with Crippen LogP contribution < -0.4 is 5.73 Å². The first-order valence-corrected chi connectivity index (χ1v) is 6.69. The number of halogens is 1. The van der Waals surface area contributed by atoms with Gasteiger partial charge in [-0.3, -0.25) is 0 Å². The molecule has 0 saturated heterocycles. The lowest BCUT2D eigenvalue weighted by molar-refractivity contribution is 0.891. The molecule has 0 radical (unpaired) electrons. The molecular formula is C16H14ClN3. The van der Waals surface area contributed by atoms with E-state index < -0.39 is 0 Å². The van der Waals surface area contributed by atoms with Crippen LogP contribution in [0.4, 0.5) is 5.82 Å². The standard InChI is InChI=1S/C16H14ClN3/c1-11-2-4-12(5-3-11)15-10-19-20(16(15)18)14-8-6-13(17)7-9-14/h2-10H,18H2,1H3. The van der Waals surface area contributed by atoms with Crippen LogP contribution in [0.15, 0.2) is 54.7 Å². The molecule has 0 aliphatic carbocycles. The minimum absolute atomic E-state index is 0.621. The van der Waals surface area contributed by atoms with Crippen LogP contribution in [0, 0.1) is 6.92 Å². The summed E-state index contributed by atoms with van der Waals surface area (Å²) < 4.78 is 1.71. The van der Waals surface area contributed by atoms with Crippen molar-refractivity contribution in [2.45, 2.75) is 6.92 Å². The first kappa shape index (κ1) is 12.8. The number of nitrogens with zero attached hydrogens (tertiary/aromatic N) is 2. The Morgan fingerprint density at radius 3 is 2.30 bits per heavy atom. The number of hydrogen-bond acceptors (Lipinski definition) is 2. The Kier molecular flexibility index (Phi) is 3.20. The zero-order valence-corrected chi connectivity index (χ0v) is 11.8. The van der Waals surface area contributed by atoms with E-state index in [1.54, 1.807) is 10.9 Å². The molecule has 0 fully saturated rings. The van der Waals surface area contributed by atoms with Crippen molar-refractivity contribution in [3.8, 4) is 16.8 Å². The Morgan fingerprint density at radius 2 is 1.65 bits per heavy atom. The molecule has 0 saturated carbocycles. The maximum atomic E-state index is 6.21. The maximum Gasteiger partial charge on any atom is 0.135 e. The van der Waals surface area contributed by atoms with E-state index in [1.807, 2.05) is 24.3 Å². The summed E-state index contributed by atoms with van der Waals surface area (Å²) in [6.07, 6.45) is 1.79. The largest absolute Gasteiger partial charge is 0.383 e. The van der Waals surface area contributed by atoms with Crippen molar-refractivity contribution in [3.63, 3.8) is 0 Å². The second kappa shape index (κ2) is 5.02. The number of aryl methyl sites for hydroxylation is 1. The average molecular weight is 284 g/mol. The fourth-order valence-corrected chi connectivity index (χ4v) is 2.23. The van der Waals surface area contributed by atoms with E-state index in [2.05, 4.69) is 36.3 Å². The summed E-state index contributed by atoms with van der Waals surface area (Å²) in [6.45, 7) is 2.06. The summed E-state index contributed by atoms with van der Waals surface area (Å²) in [4.78, 5) is 0. The summed E-state index contributed by atoms with van der Waals surface area (Å²) in [5.74, 6) is 0.621. The molecule has 1 aromatic heterocycles. The van der Waals surface area contributed by atoms with E-state index in [4.69, 9.17) is 17.3 Å². The van der Waals surface area contributed by atoms with Gasteiger partial charge < -0.3 is 5.73 Å². The minimum Gasteiger partial charge on any atom is -0.383 e. The lowest BCUT2D eigenvalue weighted by atomic mass is 10.1. The lowest BCUT2D eigenvalue weighted by Gasteiger charge is -2.05. The zero-order valence-electron chi connectivity index (χ0n) is 11.0.